The number of aryl methyl sites for hydroxylation is 2. The highest BCUT2D eigenvalue weighted by molar-refractivity contribution is 7.99. The Kier molecular flexibility index (Phi) is 6.09. The number of thioether (sulfide) groups is 1. The zero-order valence-electron chi connectivity index (χ0n) is 16.9. The Morgan fingerprint density at radius 3 is 2.90 bits per heavy atom. The van der Waals surface area contributed by atoms with E-state index >= 15 is 0 Å². The van der Waals surface area contributed by atoms with Crippen LogP contribution in [0.25, 0.3) is 10.2 Å². The lowest BCUT2D eigenvalue weighted by Crippen LogP contribution is -2.42. The predicted octanol–water partition coefficient (Wildman–Crippen LogP) is 2.26. The van der Waals surface area contributed by atoms with Crippen LogP contribution in [0.3, 0.4) is 0 Å². The molecule has 0 radical (unpaired) electrons. The molecule has 2 aromatic rings. The van der Waals surface area contributed by atoms with Crippen LogP contribution in [0, 0.1) is 0 Å². The van der Waals surface area contributed by atoms with E-state index in [1.54, 1.807) is 26.9 Å². The van der Waals surface area contributed by atoms with Gasteiger partial charge in [-0.15, -0.1) is 17.9 Å². The Hall–Kier alpha value is -1.65. The third-order valence-corrected chi connectivity index (χ3v) is 9.63. The maximum atomic E-state index is 13.2. The Labute approximate surface area is 184 Å². The third-order valence-electron chi connectivity index (χ3n) is 5.74. The maximum Gasteiger partial charge on any atom is 0.263 e. The molecule has 0 spiro atoms. The second-order valence-electron chi connectivity index (χ2n) is 7.66. The van der Waals surface area contributed by atoms with Gasteiger partial charge in [0.05, 0.1) is 22.6 Å². The number of aromatic nitrogens is 2. The standard InChI is InChI=1S/C20H25N3O4S3/c1-3-9-23-19(25)17-14-6-5-7-15(14)29-18(17)21-20(23)28-11-16(24)22(4-2)13-8-10-30(26,27)12-13/h3,13H,1,4-12H2,2H3/t13-/m1/s1. The zero-order chi connectivity index (χ0) is 21.5. The molecule has 4 rings (SSSR count). The topological polar surface area (TPSA) is 89.3 Å². The average Bonchev–Trinajstić information content (AvgIpc) is 3.37. The molecule has 1 fully saturated rings. The van der Waals surface area contributed by atoms with Crippen molar-refractivity contribution < 1.29 is 13.2 Å². The van der Waals surface area contributed by atoms with Crippen molar-refractivity contribution in [2.24, 2.45) is 0 Å². The fraction of sp³-hybridized carbons (Fsp3) is 0.550. The Balaban J connectivity index is 1.58. The van der Waals surface area contributed by atoms with Crippen molar-refractivity contribution >= 4 is 49.1 Å². The summed E-state index contributed by atoms with van der Waals surface area (Å²) in [5, 5.41) is 1.23. The van der Waals surface area contributed by atoms with Crippen molar-refractivity contribution in [3.63, 3.8) is 0 Å². The number of hydrogen-bond acceptors (Lipinski definition) is 7. The molecule has 162 valence electrons. The van der Waals surface area contributed by atoms with E-state index in [0.29, 0.717) is 24.7 Å². The molecule has 2 aliphatic rings. The number of thiophene rings is 1. The molecular weight excluding hydrogens is 442 g/mol. The molecule has 0 aromatic carbocycles. The van der Waals surface area contributed by atoms with Crippen molar-refractivity contribution in [1.82, 2.24) is 14.5 Å². The summed E-state index contributed by atoms with van der Waals surface area (Å²) in [5.74, 6) is 0.153. The summed E-state index contributed by atoms with van der Waals surface area (Å²) in [5.41, 5.74) is 1.07. The van der Waals surface area contributed by atoms with E-state index < -0.39 is 9.84 Å². The van der Waals surface area contributed by atoms with Crippen LogP contribution in [-0.2, 0) is 34.0 Å². The quantitative estimate of drug-likeness (QED) is 0.353. The van der Waals surface area contributed by atoms with Crippen LogP contribution in [-0.4, -0.2) is 58.6 Å². The third kappa shape index (κ3) is 3.97. The van der Waals surface area contributed by atoms with Crippen LogP contribution >= 0.6 is 23.1 Å². The van der Waals surface area contributed by atoms with Crippen LogP contribution in [0.15, 0.2) is 22.6 Å². The van der Waals surface area contributed by atoms with E-state index in [1.165, 1.54) is 16.6 Å². The Morgan fingerprint density at radius 1 is 1.43 bits per heavy atom. The van der Waals surface area contributed by atoms with Crippen LogP contribution in [0.1, 0.15) is 30.2 Å². The molecule has 1 aliphatic heterocycles. The normalized spacial score (nSPS) is 19.8. The van der Waals surface area contributed by atoms with Gasteiger partial charge in [0.1, 0.15) is 4.83 Å². The monoisotopic (exact) mass is 467 g/mol. The first-order chi connectivity index (χ1) is 14.3. The van der Waals surface area contributed by atoms with Crippen molar-refractivity contribution in [3.05, 3.63) is 33.4 Å². The molecule has 10 heteroatoms. The van der Waals surface area contributed by atoms with Crippen molar-refractivity contribution in [2.75, 3.05) is 23.8 Å². The number of allylic oxidation sites excluding steroid dienone is 1. The number of sulfone groups is 1. The molecule has 2 aromatic heterocycles. The van der Waals surface area contributed by atoms with Gasteiger partial charge in [-0.05, 0) is 38.2 Å². The number of fused-ring (bicyclic) bond motifs is 3. The molecule has 0 bridgehead atoms. The number of amides is 1. The minimum Gasteiger partial charge on any atom is -0.338 e. The summed E-state index contributed by atoms with van der Waals surface area (Å²) >= 11 is 2.82. The summed E-state index contributed by atoms with van der Waals surface area (Å²) in [4.78, 5) is 34.4. The number of rotatable bonds is 7. The lowest BCUT2D eigenvalue weighted by atomic mass is 10.2. The van der Waals surface area contributed by atoms with Gasteiger partial charge in [-0.25, -0.2) is 13.4 Å². The van der Waals surface area contributed by atoms with Crippen LogP contribution in [0.4, 0.5) is 0 Å². The first-order valence-electron chi connectivity index (χ1n) is 10.1. The molecular formula is C20H25N3O4S3. The van der Waals surface area contributed by atoms with E-state index in [4.69, 9.17) is 4.98 Å². The summed E-state index contributed by atoms with van der Waals surface area (Å²) in [6, 6.07) is -0.265. The largest absolute Gasteiger partial charge is 0.338 e. The molecule has 0 saturated carbocycles. The van der Waals surface area contributed by atoms with Gasteiger partial charge in [0.15, 0.2) is 15.0 Å². The molecule has 30 heavy (non-hydrogen) atoms. The van der Waals surface area contributed by atoms with Crippen molar-refractivity contribution in [3.8, 4) is 0 Å². The SMILES string of the molecule is C=CCn1c(SCC(=O)N(CC)[C@@H]2CCS(=O)(=O)C2)nc2sc3c(c2c1=O)CCC3. The fourth-order valence-electron chi connectivity index (χ4n) is 4.33. The summed E-state index contributed by atoms with van der Waals surface area (Å²) in [6.07, 6.45) is 5.13. The number of hydrogen-bond donors (Lipinski definition) is 0. The molecule has 3 heterocycles. The highest BCUT2D eigenvalue weighted by Gasteiger charge is 2.34. The van der Waals surface area contributed by atoms with Crippen LogP contribution in [0.2, 0.25) is 0 Å². The molecule has 7 nitrogen and oxygen atoms in total. The van der Waals surface area contributed by atoms with E-state index in [1.807, 2.05) is 6.92 Å². The van der Waals surface area contributed by atoms with Crippen molar-refractivity contribution in [1.29, 1.82) is 0 Å². The second kappa shape index (κ2) is 8.47. The number of carbonyl (C=O) groups excluding carboxylic acids is 1. The zero-order valence-corrected chi connectivity index (χ0v) is 19.4. The molecule has 0 N–H and O–H groups in total. The van der Waals surface area contributed by atoms with Gasteiger partial charge in [-0.1, -0.05) is 17.8 Å². The summed E-state index contributed by atoms with van der Waals surface area (Å²) < 4.78 is 25.2. The maximum absolute atomic E-state index is 13.2. The van der Waals surface area contributed by atoms with E-state index in [2.05, 4.69) is 6.58 Å². The highest BCUT2D eigenvalue weighted by atomic mass is 32.2. The van der Waals surface area contributed by atoms with Gasteiger partial charge in [-0.3, -0.25) is 14.2 Å². The second-order valence-corrected chi connectivity index (χ2v) is 11.9. The number of nitrogens with zero attached hydrogens (tertiary/aromatic N) is 3. The van der Waals surface area contributed by atoms with Crippen molar-refractivity contribution in [2.45, 2.75) is 50.4 Å². The van der Waals surface area contributed by atoms with E-state index in [0.717, 1.165) is 35.0 Å². The van der Waals surface area contributed by atoms with Crippen LogP contribution in [0.5, 0.6) is 0 Å². The van der Waals surface area contributed by atoms with E-state index in [9.17, 15) is 18.0 Å². The smallest absolute Gasteiger partial charge is 0.263 e. The fourth-order valence-corrected chi connectivity index (χ4v) is 8.25. The lowest BCUT2D eigenvalue weighted by molar-refractivity contribution is -0.129. The summed E-state index contributed by atoms with van der Waals surface area (Å²) in [6.45, 7) is 6.41. The van der Waals surface area contributed by atoms with Gasteiger partial charge in [-0.2, -0.15) is 0 Å². The average molecular weight is 468 g/mol. The van der Waals surface area contributed by atoms with Gasteiger partial charge in [0.25, 0.3) is 5.56 Å². The van der Waals surface area contributed by atoms with Crippen LogP contribution < -0.4 is 5.56 Å². The molecule has 1 atom stereocenters. The van der Waals surface area contributed by atoms with Gasteiger partial charge in [0, 0.05) is 24.0 Å². The minimum absolute atomic E-state index is 0.0311. The molecule has 0 unspecified atom stereocenters. The van der Waals surface area contributed by atoms with Gasteiger partial charge >= 0.3 is 0 Å². The first kappa shape index (κ1) is 21.6. The molecule has 1 saturated heterocycles. The van der Waals surface area contributed by atoms with E-state index in [-0.39, 0.29) is 34.8 Å². The first-order valence-corrected chi connectivity index (χ1v) is 13.8. The highest BCUT2D eigenvalue weighted by Crippen LogP contribution is 2.35. The Bertz CT molecular complexity index is 1170. The lowest BCUT2D eigenvalue weighted by Gasteiger charge is -2.26. The minimum atomic E-state index is -3.06. The number of carbonyl (C=O) groups is 1. The predicted molar refractivity (Wildman–Crippen MR) is 121 cm³/mol. The van der Waals surface area contributed by atoms with Gasteiger partial charge < -0.3 is 4.90 Å². The Morgan fingerprint density at radius 2 is 2.23 bits per heavy atom. The molecule has 1 aliphatic carbocycles. The summed E-state index contributed by atoms with van der Waals surface area (Å²) in [7, 11) is -3.06. The molecule has 1 amide bonds. The van der Waals surface area contributed by atoms with Gasteiger partial charge in [0.2, 0.25) is 5.91 Å².